The predicted molar refractivity (Wildman–Crippen MR) is 27.3 cm³/mol. The summed E-state index contributed by atoms with van der Waals surface area (Å²) in [5, 5.41) is 7.89. The van der Waals surface area contributed by atoms with Gasteiger partial charge in [-0.05, 0) is 0 Å². The van der Waals surface area contributed by atoms with Crippen molar-refractivity contribution in [3.63, 3.8) is 0 Å². The molecule has 0 radical (unpaired) electrons. The SMILES string of the molecule is CN(C)C=O.O=NO. The molecule has 0 rings (SSSR count). The summed E-state index contributed by atoms with van der Waals surface area (Å²) in [6.07, 6.45) is 0.750. The lowest BCUT2D eigenvalue weighted by molar-refractivity contribution is -0.115. The van der Waals surface area contributed by atoms with Crippen LogP contribution in [0.4, 0.5) is 0 Å². The topological polar surface area (TPSA) is 70.0 Å². The van der Waals surface area contributed by atoms with Gasteiger partial charge in [0, 0.05) is 14.1 Å². The van der Waals surface area contributed by atoms with E-state index in [9.17, 15) is 4.79 Å². The summed E-state index contributed by atoms with van der Waals surface area (Å²) in [6, 6.07) is 0. The zero-order valence-corrected chi connectivity index (χ0v) is 4.74. The van der Waals surface area contributed by atoms with Gasteiger partial charge < -0.3 is 10.1 Å². The highest BCUT2D eigenvalue weighted by Crippen LogP contribution is 1.52. The number of nitrogens with zero attached hydrogens (tertiary/aromatic N) is 2. The maximum absolute atomic E-state index is 9.43. The van der Waals surface area contributed by atoms with Crippen molar-refractivity contribution in [1.29, 1.82) is 0 Å². The molecule has 0 bridgehead atoms. The molecule has 0 saturated heterocycles. The normalized spacial score (nSPS) is 5.75. The van der Waals surface area contributed by atoms with Crippen LogP contribution in [0.5, 0.6) is 0 Å². The summed E-state index contributed by atoms with van der Waals surface area (Å²) in [5.41, 5.74) is 0. The highest BCUT2D eigenvalue weighted by atomic mass is 16.6. The summed E-state index contributed by atoms with van der Waals surface area (Å²) >= 11 is 0. The fourth-order valence-corrected chi connectivity index (χ4v) is 0. The number of hydrogen-bond acceptors (Lipinski definition) is 3. The first kappa shape index (κ1) is 9.98. The van der Waals surface area contributed by atoms with Crippen molar-refractivity contribution in [2.75, 3.05) is 14.1 Å². The van der Waals surface area contributed by atoms with E-state index in [1.807, 2.05) is 0 Å². The molecule has 48 valence electrons. The minimum absolute atomic E-state index is 0.750. The zero-order chi connectivity index (χ0) is 6.99. The van der Waals surface area contributed by atoms with Crippen LogP contribution >= 0.6 is 0 Å². The molecule has 0 unspecified atom stereocenters. The third-order valence-electron chi connectivity index (χ3n) is 0.211. The summed E-state index contributed by atoms with van der Waals surface area (Å²) in [6.45, 7) is 0. The Morgan fingerprint density at radius 1 is 1.62 bits per heavy atom. The first-order valence-electron chi connectivity index (χ1n) is 1.77. The van der Waals surface area contributed by atoms with Crippen LogP contribution in [0.3, 0.4) is 0 Å². The Balaban J connectivity index is 0. The fraction of sp³-hybridized carbons (Fsp3) is 0.667. The Bertz CT molecular complexity index is 63.5. The minimum Gasteiger partial charge on any atom is -0.379 e. The van der Waals surface area contributed by atoms with Crippen LogP contribution in [-0.2, 0) is 4.79 Å². The van der Waals surface area contributed by atoms with Crippen LogP contribution in [0, 0.1) is 4.91 Å². The van der Waals surface area contributed by atoms with Crippen LogP contribution in [0.1, 0.15) is 0 Å². The molecule has 0 spiro atoms. The van der Waals surface area contributed by atoms with Gasteiger partial charge in [-0.1, -0.05) is 0 Å². The van der Waals surface area contributed by atoms with Gasteiger partial charge in [-0.2, -0.15) is 0 Å². The second-order valence-corrected chi connectivity index (χ2v) is 1.15. The van der Waals surface area contributed by atoms with Gasteiger partial charge in [-0.3, -0.25) is 4.79 Å². The molecular formula is C3H8N2O3. The molecule has 0 atom stereocenters. The lowest BCUT2D eigenvalue weighted by atomic mass is 11.0. The van der Waals surface area contributed by atoms with Crippen molar-refractivity contribution in [2.45, 2.75) is 0 Å². The van der Waals surface area contributed by atoms with E-state index in [-0.39, 0.29) is 0 Å². The number of carbonyl (C=O) groups is 1. The highest BCUT2D eigenvalue weighted by Gasteiger charge is 1.68. The average molecular weight is 120 g/mol. The summed E-state index contributed by atoms with van der Waals surface area (Å²) < 4.78 is 0. The van der Waals surface area contributed by atoms with E-state index in [2.05, 4.69) is 0 Å². The first-order chi connectivity index (χ1) is 3.68. The maximum atomic E-state index is 9.43. The van der Waals surface area contributed by atoms with E-state index in [1.54, 1.807) is 14.1 Å². The molecule has 0 fully saturated rings. The van der Waals surface area contributed by atoms with E-state index in [4.69, 9.17) is 10.1 Å². The number of rotatable bonds is 1. The average Bonchev–Trinajstić information content (AvgIpc) is 1.69. The van der Waals surface area contributed by atoms with Gasteiger partial charge in [-0.25, -0.2) is 0 Å². The Hall–Kier alpha value is -1.13. The van der Waals surface area contributed by atoms with E-state index in [0.29, 0.717) is 0 Å². The van der Waals surface area contributed by atoms with E-state index in [0.717, 1.165) is 6.41 Å². The quantitative estimate of drug-likeness (QED) is 0.297. The summed E-state index contributed by atoms with van der Waals surface area (Å²) in [5.74, 6) is 0. The van der Waals surface area contributed by atoms with Crippen LogP contribution in [-0.4, -0.2) is 30.6 Å². The van der Waals surface area contributed by atoms with Crippen molar-refractivity contribution in [3.05, 3.63) is 4.91 Å². The predicted octanol–water partition coefficient (Wildman–Crippen LogP) is -0.154. The van der Waals surface area contributed by atoms with Gasteiger partial charge >= 0.3 is 0 Å². The third kappa shape index (κ3) is 96.4. The molecule has 0 saturated carbocycles. The standard InChI is InChI=1S/C3H7NO.HNO2/c1-4(2)3-5;2-1-3/h3H,1-2H3;(H,2,3). The molecule has 0 aromatic carbocycles. The van der Waals surface area contributed by atoms with Crippen LogP contribution in [0.15, 0.2) is 5.34 Å². The van der Waals surface area contributed by atoms with E-state index < -0.39 is 0 Å². The second-order valence-electron chi connectivity index (χ2n) is 1.15. The molecule has 0 aliphatic heterocycles. The molecule has 0 heterocycles. The smallest absolute Gasteiger partial charge is 0.209 e. The number of carbonyl (C=O) groups excluding carboxylic acids is 1. The molecule has 8 heavy (non-hydrogen) atoms. The van der Waals surface area contributed by atoms with Crippen molar-refractivity contribution in [2.24, 2.45) is 5.34 Å². The summed E-state index contributed by atoms with van der Waals surface area (Å²) in [4.78, 5) is 19.0. The molecule has 1 N–H and O–H groups in total. The van der Waals surface area contributed by atoms with Crippen molar-refractivity contribution >= 4 is 6.41 Å². The highest BCUT2D eigenvalue weighted by molar-refractivity contribution is 5.45. The van der Waals surface area contributed by atoms with Crippen molar-refractivity contribution in [3.8, 4) is 0 Å². The van der Waals surface area contributed by atoms with Crippen LogP contribution < -0.4 is 0 Å². The van der Waals surface area contributed by atoms with Crippen molar-refractivity contribution in [1.82, 2.24) is 4.90 Å². The molecule has 5 heteroatoms. The molecule has 1 amide bonds. The fourth-order valence-electron chi connectivity index (χ4n) is 0. The lowest BCUT2D eigenvalue weighted by Crippen LogP contribution is -2.06. The molecule has 0 aliphatic carbocycles. The van der Waals surface area contributed by atoms with Gasteiger partial charge in [-0.15, -0.1) is 4.91 Å². The van der Waals surface area contributed by atoms with Gasteiger partial charge in [0.05, 0.1) is 0 Å². The van der Waals surface area contributed by atoms with Crippen LogP contribution in [0.2, 0.25) is 0 Å². The maximum Gasteiger partial charge on any atom is 0.209 e. The lowest BCUT2D eigenvalue weighted by Gasteiger charge is -1.93. The molecule has 0 aliphatic rings. The molecule has 0 aromatic heterocycles. The Labute approximate surface area is 46.8 Å². The van der Waals surface area contributed by atoms with Crippen LogP contribution in [0.25, 0.3) is 0 Å². The van der Waals surface area contributed by atoms with Gasteiger partial charge in [0.2, 0.25) is 6.41 Å². The van der Waals surface area contributed by atoms with E-state index in [1.165, 1.54) is 10.2 Å². The third-order valence-corrected chi connectivity index (χ3v) is 0.211. The first-order valence-corrected chi connectivity index (χ1v) is 1.77. The minimum atomic E-state index is 0.750. The van der Waals surface area contributed by atoms with Gasteiger partial charge in [0.15, 0.2) is 5.34 Å². The zero-order valence-electron chi connectivity index (χ0n) is 4.74. The Morgan fingerprint density at radius 3 is 1.75 bits per heavy atom. The van der Waals surface area contributed by atoms with E-state index >= 15 is 0 Å². The second kappa shape index (κ2) is 9.30. The monoisotopic (exact) mass is 120 g/mol. The number of hydrogen-bond donors (Lipinski definition) is 1. The van der Waals surface area contributed by atoms with Gasteiger partial charge in [0.25, 0.3) is 0 Å². The summed E-state index contributed by atoms with van der Waals surface area (Å²) in [7, 11) is 3.38. The largest absolute Gasteiger partial charge is 0.379 e. The molecule has 5 nitrogen and oxygen atoms in total. The molecule has 0 aromatic rings. The Kier molecular flexibility index (Phi) is 11.6. The Morgan fingerprint density at radius 2 is 1.75 bits per heavy atom. The number of amides is 1. The van der Waals surface area contributed by atoms with Crippen molar-refractivity contribution < 1.29 is 10.0 Å². The molecular weight excluding hydrogens is 112 g/mol. The van der Waals surface area contributed by atoms with Gasteiger partial charge in [0.1, 0.15) is 0 Å².